The molecular formula is C18H17FN4O2. The van der Waals surface area contributed by atoms with Gasteiger partial charge in [0.05, 0.1) is 17.3 Å². The van der Waals surface area contributed by atoms with Crippen LogP contribution in [0.25, 0.3) is 22.3 Å². The molecule has 0 saturated carbocycles. The van der Waals surface area contributed by atoms with Gasteiger partial charge in [-0.1, -0.05) is 0 Å². The number of hydrogen-bond acceptors (Lipinski definition) is 5. The highest BCUT2D eigenvalue weighted by Crippen LogP contribution is 2.27. The molecule has 0 bridgehead atoms. The second-order valence-electron chi connectivity index (χ2n) is 5.77. The van der Waals surface area contributed by atoms with E-state index >= 15 is 0 Å². The minimum Gasteiger partial charge on any atom is -0.473 e. The number of benzene rings is 1. The van der Waals surface area contributed by atoms with Crippen molar-refractivity contribution >= 4 is 22.9 Å². The smallest absolute Gasteiger partial charge is 0.245 e. The predicted octanol–water partition coefficient (Wildman–Crippen LogP) is 3.58. The quantitative estimate of drug-likeness (QED) is 0.785. The number of pyridine rings is 1. The van der Waals surface area contributed by atoms with Crippen LogP contribution in [-0.2, 0) is 4.79 Å². The van der Waals surface area contributed by atoms with E-state index in [0.29, 0.717) is 16.7 Å². The molecule has 128 valence electrons. The number of carbonyl (C=O) groups is 1. The molecule has 6 nitrogen and oxygen atoms in total. The number of halogens is 1. The lowest BCUT2D eigenvalue weighted by molar-refractivity contribution is -0.114. The van der Waals surface area contributed by atoms with E-state index in [-0.39, 0.29) is 29.7 Å². The van der Waals surface area contributed by atoms with Crippen molar-refractivity contribution in [2.45, 2.75) is 26.9 Å². The summed E-state index contributed by atoms with van der Waals surface area (Å²) in [7, 11) is 0. The Morgan fingerprint density at radius 3 is 2.44 bits per heavy atom. The molecule has 3 rings (SSSR count). The molecule has 0 aliphatic carbocycles. The Labute approximate surface area is 144 Å². The fourth-order valence-electron chi connectivity index (χ4n) is 2.29. The van der Waals surface area contributed by atoms with Gasteiger partial charge >= 0.3 is 0 Å². The van der Waals surface area contributed by atoms with Crippen LogP contribution >= 0.6 is 0 Å². The fourth-order valence-corrected chi connectivity index (χ4v) is 2.29. The lowest BCUT2D eigenvalue weighted by Crippen LogP contribution is -2.13. The Hall–Kier alpha value is -3.09. The summed E-state index contributed by atoms with van der Waals surface area (Å²) in [5.41, 5.74) is 2.44. The van der Waals surface area contributed by atoms with Crippen molar-refractivity contribution in [1.82, 2.24) is 15.0 Å². The van der Waals surface area contributed by atoms with Crippen LogP contribution in [-0.4, -0.2) is 27.0 Å². The van der Waals surface area contributed by atoms with Gasteiger partial charge in [0.2, 0.25) is 17.7 Å². The molecule has 2 aromatic heterocycles. The molecule has 0 aliphatic heterocycles. The number of ether oxygens (including phenoxy) is 1. The highest BCUT2D eigenvalue weighted by Gasteiger charge is 2.14. The minimum absolute atomic E-state index is 0.125. The summed E-state index contributed by atoms with van der Waals surface area (Å²) in [6.45, 7) is 5.12. The van der Waals surface area contributed by atoms with Crippen molar-refractivity contribution in [3.8, 4) is 17.1 Å². The van der Waals surface area contributed by atoms with E-state index in [4.69, 9.17) is 4.74 Å². The second kappa shape index (κ2) is 6.80. The Bertz CT molecular complexity index is 926. The zero-order valence-electron chi connectivity index (χ0n) is 14.1. The van der Waals surface area contributed by atoms with Crippen LogP contribution in [0.5, 0.6) is 5.88 Å². The van der Waals surface area contributed by atoms with Crippen LogP contribution in [0.3, 0.4) is 0 Å². The first-order chi connectivity index (χ1) is 11.9. The first-order valence-electron chi connectivity index (χ1n) is 7.81. The van der Waals surface area contributed by atoms with Crippen molar-refractivity contribution in [2.24, 2.45) is 0 Å². The SMILES string of the molecule is CC(=O)Nc1nc(OC(C)C)c2nc(-c3ccc(F)cc3)ccc2n1. The summed E-state index contributed by atoms with van der Waals surface area (Å²) in [5.74, 6) is -0.137. The van der Waals surface area contributed by atoms with E-state index in [0.717, 1.165) is 5.56 Å². The first kappa shape index (κ1) is 16.8. The van der Waals surface area contributed by atoms with Gasteiger partial charge in [0.25, 0.3) is 0 Å². The third-order valence-corrected chi connectivity index (χ3v) is 3.29. The fraction of sp³-hybridized carbons (Fsp3) is 0.222. The minimum atomic E-state index is -0.309. The normalized spacial score (nSPS) is 10.9. The number of nitrogens with zero attached hydrogens (tertiary/aromatic N) is 3. The van der Waals surface area contributed by atoms with E-state index in [1.807, 2.05) is 13.8 Å². The molecule has 0 atom stereocenters. The van der Waals surface area contributed by atoms with Crippen molar-refractivity contribution in [1.29, 1.82) is 0 Å². The van der Waals surface area contributed by atoms with E-state index in [1.165, 1.54) is 19.1 Å². The molecular weight excluding hydrogens is 323 g/mol. The third kappa shape index (κ3) is 3.88. The number of carbonyl (C=O) groups excluding carboxylic acids is 1. The van der Waals surface area contributed by atoms with Gasteiger partial charge in [0, 0.05) is 12.5 Å². The largest absolute Gasteiger partial charge is 0.473 e. The molecule has 1 aromatic carbocycles. The summed E-state index contributed by atoms with van der Waals surface area (Å²) >= 11 is 0. The Morgan fingerprint density at radius 2 is 1.80 bits per heavy atom. The summed E-state index contributed by atoms with van der Waals surface area (Å²) in [6.07, 6.45) is -0.125. The Kier molecular flexibility index (Phi) is 4.56. The van der Waals surface area contributed by atoms with E-state index in [2.05, 4.69) is 20.3 Å². The van der Waals surface area contributed by atoms with Crippen LogP contribution in [0.15, 0.2) is 36.4 Å². The maximum Gasteiger partial charge on any atom is 0.245 e. The summed E-state index contributed by atoms with van der Waals surface area (Å²) in [5, 5.41) is 2.55. The molecule has 1 amide bonds. The Balaban J connectivity index is 2.13. The first-order valence-corrected chi connectivity index (χ1v) is 7.81. The number of nitrogens with one attached hydrogen (secondary N) is 1. The van der Waals surface area contributed by atoms with E-state index < -0.39 is 0 Å². The lowest BCUT2D eigenvalue weighted by atomic mass is 10.1. The number of amides is 1. The van der Waals surface area contributed by atoms with Crippen LogP contribution in [0.1, 0.15) is 20.8 Å². The zero-order chi connectivity index (χ0) is 18.0. The molecule has 2 heterocycles. The van der Waals surface area contributed by atoms with Gasteiger partial charge in [0.1, 0.15) is 5.82 Å². The Morgan fingerprint density at radius 1 is 1.08 bits per heavy atom. The van der Waals surface area contributed by atoms with Gasteiger partial charge in [-0.2, -0.15) is 4.98 Å². The van der Waals surface area contributed by atoms with Crippen molar-refractivity contribution < 1.29 is 13.9 Å². The number of hydrogen-bond donors (Lipinski definition) is 1. The van der Waals surface area contributed by atoms with Crippen LogP contribution in [0.4, 0.5) is 10.3 Å². The summed E-state index contributed by atoms with van der Waals surface area (Å²) in [6, 6.07) is 9.60. The van der Waals surface area contributed by atoms with Crippen LogP contribution in [0, 0.1) is 5.82 Å². The average Bonchev–Trinajstić information content (AvgIpc) is 2.54. The molecule has 0 spiro atoms. The van der Waals surface area contributed by atoms with Gasteiger partial charge < -0.3 is 4.74 Å². The monoisotopic (exact) mass is 340 g/mol. The summed E-state index contributed by atoms with van der Waals surface area (Å²) in [4.78, 5) is 24.4. The number of fused-ring (bicyclic) bond motifs is 1. The molecule has 0 saturated heterocycles. The van der Waals surface area contributed by atoms with Crippen LogP contribution < -0.4 is 10.1 Å². The van der Waals surface area contributed by atoms with Crippen molar-refractivity contribution in [3.63, 3.8) is 0 Å². The number of anilines is 1. The van der Waals surface area contributed by atoms with Gasteiger partial charge in [0.15, 0.2) is 5.52 Å². The van der Waals surface area contributed by atoms with Crippen LogP contribution in [0.2, 0.25) is 0 Å². The molecule has 0 aliphatic rings. The van der Waals surface area contributed by atoms with Crippen molar-refractivity contribution in [2.75, 3.05) is 5.32 Å². The molecule has 0 radical (unpaired) electrons. The molecule has 25 heavy (non-hydrogen) atoms. The highest BCUT2D eigenvalue weighted by molar-refractivity contribution is 5.89. The van der Waals surface area contributed by atoms with E-state index in [9.17, 15) is 9.18 Å². The lowest BCUT2D eigenvalue weighted by Gasteiger charge is -2.13. The predicted molar refractivity (Wildman–Crippen MR) is 92.8 cm³/mol. The van der Waals surface area contributed by atoms with E-state index in [1.54, 1.807) is 24.3 Å². The van der Waals surface area contributed by atoms with Gasteiger partial charge in [-0.15, -0.1) is 0 Å². The standard InChI is InChI=1S/C18H17FN4O2/c1-10(2)25-17-16-15(22-18(23-17)20-11(3)24)9-8-14(21-16)12-4-6-13(19)7-5-12/h4-10H,1-3H3,(H,20,22,23,24). The topological polar surface area (TPSA) is 77.0 Å². The average molecular weight is 340 g/mol. The van der Waals surface area contributed by atoms with Crippen molar-refractivity contribution in [3.05, 3.63) is 42.2 Å². The highest BCUT2D eigenvalue weighted by atomic mass is 19.1. The maximum atomic E-state index is 13.1. The van der Waals surface area contributed by atoms with Gasteiger partial charge in [-0.05, 0) is 50.2 Å². The molecule has 0 fully saturated rings. The zero-order valence-corrected chi connectivity index (χ0v) is 14.1. The molecule has 0 unspecified atom stereocenters. The second-order valence-corrected chi connectivity index (χ2v) is 5.77. The molecule has 3 aromatic rings. The summed E-state index contributed by atoms with van der Waals surface area (Å²) < 4.78 is 18.9. The molecule has 7 heteroatoms. The van der Waals surface area contributed by atoms with Gasteiger partial charge in [-0.25, -0.2) is 14.4 Å². The third-order valence-electron chi connectivity index (χ3n) is 3.29. The molecule has 1 N–H and O–H groups in total. The van der Waals surface area contributed by atoms with Gasteiger partial charge in [-0.3, -0.25) is 10.1 Å². The number of aromatic nitrogens is 3. The maximum absolute atomic E-state index is 13.1. The number of rotatable bonds is 4.